The fraction of sp³-hybridized carbons (Fsp3) is 0.500. The van der Waals surface area contributed by atoms with Gasteiger partial charge in [-0.3, -0.25) is 4.90 Å². The van der Waals surface area contributed by atoms with Crippen LogP contribution in [0.15, 0.2) is 22.6 Å². The molecule has 0 spiro atoms. The van der Waals surface area contributed by atoms with Crippen molar-refractivity contribution in [2.45, 2.75) is 46.4 Å². The molecule has 0 amide bonds. The third-order valence-electron chi connectivity index (χ3n) is 3.22. The Hall–Kier alpha value is -0.810. The molecule has 0 atom stereocenters. The molecular weight excluding hydrogens is 304 g/mol. The lowest BCUT2D eigenvalue weighted by Crippen LogP contribution is -2.21. The van der Waals surface area contributed by atoms with Crippen molar-refractivity contribution in [3.63, 3.8) is 0 Å². The summed E-state index contributed by atoms with van der Waals surface area (Å²) in [6.45, 7) is 8.85. The van der Waals surface area contributed by atoms with E-state index in [0.717, 1.165) is 35.5 Å². The topological polar surface area (TPSA) is 28.4 Å². The van der Waals surface area contributed by atoms with E-state index in [9.17, 15) is 0 Å². The van der Waals surface area contributed by atoms with Crippen LogP contribution in [-0.4, -0.2) is 18.0 Å². The van der Waals surface area contributed by atoms with E-state index in [-0.39, 0.29) is 0 Å². The van der Waals surface area contributed by atoms with Crippen molar-refractivity contribution >= 4 is 22.9 Å². The van der Waals surface area contributed by atoms with E-state index >= 15 is 0 Å². The molecule has 0 aliphatic heterocycles. The third-order valence-corrected chi connectivity index (χ3v) is 4.44. The lowest BCUT2D eigenvalue weighted by Gasteiger charge is -2.13. The van der Waals surface area contributed by atoms with E-state index in [1.54, 1.807) is 11.3 Å². The Labute approximate surface area is 135 Å². The summed E-state index contributed by atoms with van der Waals surface area (Å²) in [7, 11) is 2.09. The minimum absolute atomic E-state index is 0.462. The van der Waals surface area contributed by atoms with Gasteiger partial charge >= 0.3 is 0 Å². The molecule has 21 heavy (non-hydrogen) atoms. The minimum atomic E-state index is 0.462. The van der Waals surface area contributed by atoms with Crippen LogP contribution in [0.2, 0.25) is 4.34 Å². The standard InChI is InChI=1S/C16H23ClN2OS/c1-11(2)18-8-15-12(3)7-13(20-15)9-19(4)10-14-5-6-16(17)21-14/h5-7,11,18H,8-10H2,1-4H3. The molecule has 1 N–H and O–H groups in total. The molecule has 2 heterocycles. The Morgan fingerprint density at radius 1 is 1.33 bits per heavy atom. The van der Waals surface area contributed by atoms with Crippen LogP contribution in [0.4, 0.5) is 0 Å². The lowest BCUT2D eigenvalue weighted by molar-refractivity contribution is 0.284. The molecule has 2 aromatic rings. The van der Waals surface area contributed by atoms with Crippen molar-refractivity contribution in [1.82, 2.24) is 10.2 Å². The summed E-state index contributed by atoms with van der Waals surface area (Å²) >= 11 is 7.59. The SMILES string of the molecule is Cc1cc(CN(C)Cc2ccc(Cl)s2)oc1CNC(C)C. The molecule has 2 rings (SSSR count). The summed E-state index contributed by atoms with van der Waals surface area (Å²) in [4.78, 5) is 3.51. The third kappa shape index (κ3) is 5.15. The average molecular weight is 327 g/mol. The number of hydrogen-bond acceptors (Lipinski definition) is 4. The first-order chi connectivity index (χ1) is 9.94. The lowest BCUT2D eigenvalue weighted by atomic mass is 10.2. The second-order valence-corrected chi connectivity index (χ2v) is 7.53. The average Bonchev–Trinajstić information content (AvgIpc) is 2.93. The largest absolute Gasteiger partial charge is 0.463 e. The van der Waals surface area contributed by atoms with Crippen molar-refractivity contribution in [2.75, 3.05) is 7.05 Å². The van der Waals surface area contributed by atoms with Gasteiger partial charge in [0.05, 0.1) is 17.4 Å². The molecule has 0 aliphatic carbocycles. The summed E-state index contributed by atoms with van der Waals surface area (Å²) < 4.78 is 6.79. The number of aryl methyl sites for hydroxylation is 1. The summed E-state index contributed by atoms with van der Waals surface area (Å²) in [5.74, 6) is 2.05. The monoisotopic (exact) mass is 326 g/mol. The first-order valence-electron chi connectivity index (χ1n) is 7.18. The molecule has 5 heteroatoms. The Bertz CT molecular complexity index is 577. The Balaban J connectivity index is 1.91. The Morgan fingerprint density at radius 2 is 2.10 bits per heavy atom. The molecule has 0 unspecified atom stereocenters. The van der Waals surface area contributed by atoms with Gasteiger partial charge in [-0.15, -0.1) is 11.3 Å². The van der Waals surface area contributed by atoms with E-state index in [1.165, 1.54) is 10.4 Å². The van der Waals surface area contributed by atoms with Crippen LogP contribution < -0.4 is 5.32 Å². The Morgan fingerprint density at radius 3 is 2.71 bits per heavy atom. The van der Waals surface area contributed by atoms with E-state index < -0.39 is 0 Å². The van der Waals surface area contributed by atoms with E-state index in [4.69, 9.17) is 16.0 Å². The number of thiophene rings is 1. The molecule has 0 bridgehead atoms. The fourth-order valence-electron chi connectivity index (χ4n) is 2.17. The number of furan rings is 1. The second kappa shape index (κ2) is 7.45. The van der Waals surface area contributed by atoms with Gasteiger partial charge in [-0.1, -0.05) is 25.4 Å². The summed E-state index contributed by atoms with van der Waals surface area (Å²) in [5.41, 5.74) is 1.21. The maximum absolute atomic E-state index is 5.96. The summed E-state index contributed by atoms with van der Waals surface area (Å²) in [5, 5.41) is 3.39. The van der Waals surface area contributed by atoms with Crippen molar-refractivity contribution < 1.29 is 4.42 Å². The summed E-state index contributed by atoms with van der Waals surface area (Å²) in [6.07, 6.45) is 0. The fourth-order valence-corrected chi connectivity index (χ4v) is 3.33. The minimum Gasteiger partial charge on any atom is -0.463 e. The van der Waals surface area contributed by atoms with Gasteiger partial charge in [0.15, 0.2) is 0 Å². The molecule has 0 saturated heterocycles. The maximum Gasteiger partial charge on any atom is 0.120 e. The van der Waals surface area contributed by atoms with Crippen molar-refractivity contribution in [3.05, 3.63) is 44.5 Å². The van der Waals surface area contributed by atoms with Crippen LogP contribution in [0.3, 0.4) is 0 Å². The number of hydrogen-bond donors (Lipinski definition) is 1. The molecule has 0 radical (unpaired) electrons. The normalized spacial score (nSPS) is 11.8. The number of rotatable bonds is 7. The smallest absolute Gasteiger partial charge is 0.120 e. The predicted molar refractivity (Wildman–Crippen MR) is 89.9 cm³/mol. The maximum atomic E-state index is 5.96. The highest BCUT2D eigenvalue weighted by Crippen LogP contribution is 2.23. The van der Waals surface area contributed by atoms with Crippen LogP contribution in [0.5, 0.6) is 0 Å². The highest BCUT2D eigenvalue weighted by atomic mass is 35.5. The van der Waals surface area contributed by atoms with Crippen molar-refractivity contribution in [2.24, 2.45) is 0 Å². The van der Waals surface area contributed by atoms with Crippen LogP contribution in [0.25, 0.3) is 0 Å². The van der Waals surface area contributed by atoms with E-state index in [2.05, 4.69) is 50.2 Å². The van der Waals surface area contributed by atoms with Crippen LogP contribution in [0, 0.1) is 6.92 Å². The van der Waals surface area contributed by atoms with E-state index in [0.29, 0.717) is 6.04 Å². The highest BCUT2D eigenvalue weighted by Gasteiger charge is 2.11. The number of nitrogens with one attached hydrogen (secondary N) is 1. The van der Waals surface area contributed by atoms with Gasteiger partial charge in [-0.25, -0.2) is 0 Å². The van der Waals surface area contributed by atoms with Crippen LogP contribution in [0.1, 0.15) is 35.8 Å². The van der Waals surface area contributed by atoms with Crippen LogP contribution >= 0.6 is 22.9 Å². The first-order valence-corrected chi connectivity index (χ1v) is 8.38. The first kappa shape index (κ1) is 16.6. The van der Waals surface area contributed by atoms with Gasteiger partial charge in [0, 0.05) is 17.5 Å². The van der Waals surface area contributed by atoms with Gasteiger partial charge in [-0.2, -0.15) is 0 Å². The summed E-state index contributed by atoms with van der Waals surface area (Å²) in [6, 6.07) is 6.62. The molecule has 0 aromatic carbocycles. The molecular formula is C16H23ClN2OS. The van der Waals surface area contributed by atoms with Crippen LogP contribution in [-0.2, 0) is 19.6 Å². The van der Waals surface area contributed by atoms with Gasteiger partial charge in [-0.05, 0) is 37.7 Å². The van der Waals surface area contributed by atoms with Crippen molar-refractivity contribution in [3.8, 4) is 0 Å². The molecule has 0 aliphatic rings. The molecule has 2 aromatic heterocycles. The second-order valence-electron chi connectivity index (χ2n) is 5.73. The van der Waals surface area contributed by atoms with Gasteiger partial charge in [0.2, 0.25) is 0 Å². The number of halogens is 1. The molecule has 116 valence electrons. The quantitative estimate of drug-likeness (QED) is 0.815. The zero-order valence-electron chi connectivity index (χ0n) is 13.1. The number of nitrogens with zero attached hydrogens (tertiary/aromatic N) is 1. The Kier molecular flexibility index (Phi) is 5.88. The predicted octanol–water partition coefficient (Wildman–Crippen LogP) is 4.43. The molecule has 0 fully saturated rings. The highest BCUT2D eigenvalue weighted by molar-refractivity contribution is 7.16. The van der Waals surface area contributed by atoms with Crippen molar-refractivity contribution in [1.29, 1.82) is 0 Å². The zero-order chi connectivity index (χ0) is 15.4. The van der Waals surface area contributed by atoms with Gasteiger partial charge in [0.1, 0.15) is 11.5 Å². The van der Waals surface area contributed by atoms with E-state index in [1.807, 2.05) is 6.07 Å². The van der Waals surface area contributed by atoms with Gasteiger partial charge in [0.25, 0.3) is 0 Å². The van der Waals surface area contributed by atoms with Gasteiger partial charge < -0.3 is 9.73 Å². The molecule has 3 nitrogen and oxygen atoms in total. The molecule has 0 saturated carbocycles. The zero-order valence-corrected chi connectivity index (χ0v) is 14.6.